The Bertz CT molecular complexity index is 493. The second kappa shape index (κ2) is 6.92. The van der Waals surface area contributed by atoms with Crippen molar-refractivity contribution in [3.8, 4) is 0 Å². The van der Waals surface area contributed by atoms with Crippen LogP contribution >= 0.6 is 15.9 Å². The summed E-state index contributed by atoms with van der Waals surface area (Å²) in [5.41, 5.74) is 0.591. The van der Waals surface area contributed by atoms with Crippen molar-refractivity contribution in [2.24, 2.45) is 0 Å². The third kappa shape index (κ3) is 3.62. The third-order valence-electron chi connectivity index (χ3n) is 3.42. The molecule has 0 spiro atoms. The molecule has 0 atom stereocenters. The van der Waals surface area contributed by atoms with Crippen LogP contribution in [-0.2, 0) is 11.3 Å². The van der Waals surface area contributed by atoms with Gasteiger partial charge in [-0.25, -0.2) is 0 Å². The molecule has 1 aliphatic heterocycles. The standard InChI is InChI=1S/C14H20BrN3O2/c1-2-5-18-10-11(15)8-12(18)14(20)16-9-13(19)17-6-3-4-7-17/h8,10H,2-7,9H2,1H3,(H,16,20). The second-order valence-corrected chi connectivity index (χ2v) is 5.92. The van der Waals surface area contributed by atoms with Crippen molar-refractivity contribution in [1.82, 2.24) is 14.8 Å². The van der Waals surface area contributed by atoms with Gasteiger partial charge in [-0.1, -0.05) is 6.92 Å². The van der Waals surface area contributed by atoms with Crippen LogP contribution in [0.15, 0.2) is 16.7 Å². The van der Waals surface area contributed by atoms with Gasteiger partial charge >= 0.3 is 0 Å². The number of hydrogen-bond acceptors (Lipinski definition) is 2. The minimum Gasteiger partial charge on any atom is -0.342 e. The van der Waals surface area contributed by atoms with Gasteiger partial charge in [-0.3, -0.25) is 9.59 Å². The van der Waals surface area contributed by atoms with Crippen LogP contribution in [0.1, 0.15) is 36.7 Å². The van der Waals surface area contributed by atoms with Gasteiger partial charge in [0.1, 0.15) is 5.69 Å². The van der Waals surface area contributed by atoms with Crippen LogP contribution in [0.3, 0.4) is 0 Å². The summed E-state index contributed by atoms with van der Waals surface area (Å²) in [5.74, 6) is -0.194. The molecule has 1 aromatic heterocycles. The normalized spacial score (nSPS) is 14.6. The van der Waals surface area contributed by atoms with Crippen LogP contribution in [0, 0.1) is 0 Å². The Kier molecular flexibility index (Phi) is 5.23. The summed E-state index contributed by atoms with van der Waals surface area (Å²) >= 11 is 3.38. The predicted molar refractivity (Wildman–Crippen MR) is 80.6 cm³/mol. The van der Waals surface area contributed by atoms with E-state index in [9.17, 15) is 9.59 Å². The number of amides is 2. The fourth-order valence-corrected chi connectivity index (χ4v) is 2.88. The predicted octanol–water partition coefficient (Wildman–Crippen LogP) is 2.01. The fraction of sp³-hybridized carbons (Fsp3) is 0.571. The molecule has 1 saturated heterocycles. The summed E-state index contributed by atoms with van der Waals surface area (Å²) in [6.45, 7) is 4.55. The Labute approximate surface area is 127 Å². The highest BCUT2D eigenvalue weighted by Gasteiger charge is 2.19. The molecule has 0 aromatic carbocycles. The molecule has 5 nitrogen and oxygen atoms in total. The maximum atomic E-state index is 12.1. The molecule has 1 fully saturated rings. The lowest BCUT2D eigenvalue weighted by molar-refractivity contribution is -0.129. The molecule has 0 radical (unpaired) electrons. The molecule has 0 aliphatic carbocycles. The molecule has 1 N–H and O–H groups in total. The number of nitrogens with one attached hydrogen (secondary N) is 1. The maximum absolute atomic E-state index is 12.1. The Balaban J connectivity index is 1.92. The van der Waals surface area contributed by atoms with Crippen molar-refractivity contribution in [2.75, 3.05) is 19.6 Å². The molecule has 2 rings (SSSR count). The summed E-state index contributed by atoms with van der Waals surface area (Å²) in [5, 5.41) is 2.72. The first-order valence-electron chi connectivity index (χ1n) is 7.03. The molecule has 110 valence electrons. The molecule has 6 heteroatoms. The average Bonchev–Trinajstić information content (AvgIpc) is 3.05. The molecule has 0 unspecified atom stereocenters. The molecule has 1 aromatic rings. The monoisotopic (exact) mass is 341 g/mol. The van der Waals surface area contributed by atoms with Crippen LogP contribution < -0.4 is 5.32 Å². The van der Waals surface area contributed by atoms with E-state index in [1.54, 1.807) is 11.0 Å². The fourth-order valence-electron chi connectivity index (χ4n) is 2.42. The Morgan fingerprint density at radius 2 is 2.05 bits per heavy atom. The Morgan fingerprint density at radius 3 is 2.70 bits per heavy atom. The molecule has 1 aliphatic rings. The lowest BCUT2D eigenvalue weighted by atomic mass is 10.3. The van der Waals surface area contributed by atoms with Crippen molar-refractivity contribution in [3.05, 3.63) is 22.4 Å². The van der Waals surface area contributed by atoms with E-state index in [0.29, 0.717) is 5.69 Å². The van der Waals surface area contributed by atoms with Gasteiger partial charge in [-0.05, 0) is 41.3 Å². The zero-order valence-corrected chi connectivity index (χ0v) is 13.3. The molecule has 0 bridgehead atoms. The van der Waals surface area contributed by atoms with Crippen molar-refractivity contribution in [2.45, 2.75) is 32.7 Å². The van der Waals surface area contributed by atoms with Crippen LogP contribution in [0.5, 0.6) is 0 Å². The number of carbonyl (C=O) groups excluding carboxylic acids is 2. The van der Waals surface area contributed by atoms with Gasteiger partial charge in [0.25, 0.3) is 5.91 Å². The summed E-state index contributed by atoms with van der Waals surface area (Å²) < 4.78 is 2.78. The van der Waals surface area contributed by atoms with E-state index in [0.717, 1.165) is 43.4 Å². The maximum Gasteiger partial charge on any atom is 0.268 e. The zero-order chi connectivity index (χ0) is 14.5. The minimum atomic E-state index is -0.198. The molecular formula is C14H20BrN3O2. The minimum absolute atomic E-state index is 0.00325. The molecule has 2 amide bonds. The highest BCUT2D eigenvalue weighted by molar-refractivity contribution is 9.10. The largest absolute Gasteiger partial charge is 0.342 e. The number of aryl methyl sites for hydroxylation is 1. The zero-order valence-electron chi connectivity index (χ0n) is 11.7. The van der Waals surface area contributed by atoms with Gasteiger partial charge in [0.15, 0.2) is 0 Å². The van der Waals surface area contributed by atoms with Crippen molar-refractivity contribution < 1.29 is 9.59 Å². The van der Waals surface area contributed by atoms with Crippen molar-refractivity contribution in [1.29, 1.82) is 0 Å². The van der Waals surface area contributed by atoms with Crippen LogP contribution in [0.25, 0.3) is 0 Å². The first-order valence-corrected chi connectivity index (χ1v) is 7.82. The van der Waals surface area contributed by atoms with Crippen molar-refractivity contribution >= 4 is 27.7 Å². The summed E-state index contributed by atoms with van der Waals surface area (Å²) in [4.78, 5) is 25.8. The topological polar surface area (TPSA) is 54.3 Å². The number of nitrogens with zero attached hydrogens (tertiary/aromatic N) is 2. The van der Waals surface area contributed by atoms with E-state index in [4.69, 9.17) is 0 Å². The molecule has 0 saturated carbocycles. The lowest BCUT2D eigenvalue weighted by Gasteiger charge is -2.15. The summed E-state index contributed by atoms with van der Waals surface area (Å²) in [6.07, 6.45) is 4.97. The molecule has 2 heterocycles. The SMILES string of the molecule is CCCn1cc(Br)cc1C(=O)NCC(=O)N1CCCC1. The van der Waals surface area contributed by atoms with Gasteiger partial charge in [-0.2, -0.15) is 0 Å². The Morgan fingerprint density at radius 1 is 1.35 bits per heavy atom. The van der Waals surface area contributed by atoms with Gasteiger partial charge in [0, 0.05) is 30.3 Å². The lowest BCUT2D eigenvalue weighted by Crippen LogP contribution is -2.39. The molecular weight excluding hydrogens is 322 g/mol. The van der Waals surface area contributed by atoms with Crippen molar-refractivity contribution in [3.63, 3.8) is 0 Å². The molecule has 20 heavy (non-hydrogen) atoms. The van der Waals surface area contributed by atoms with Gasteiger partial charge in [0.2, 0.25) is 5.91 Å². The number of rotatable bonds is 5. The number of likely N-dealkylation sites (tertiary alicyclic amines) is 1. The van der Waals surface area contributed by atoms with E-state index >= 15 is 0 Å². The first kappa shape index (κ1) is 15.1. The Hall–Kier alpha value is -1.30. The van der Waals surface area contributed by atoms with Gasteiger partial charge in [-0.15, -0.1) is 0 Å². The van der Waals surface area contributed by atoms with Crippen LogP contribution in [0.4, 0.5) is 0 Å². The third-order valence-corrected chi connectivity index (χ3v) is 3.85. The summed E-state index contributed by atoms with van der Waals surface area (Å²) in [7, 11) is 0. The first-order chi connectivity index (χ1) is 9.61. The smallest absolute Gasteiger partial charge is 0.268 e. The van der Waals surface area contributed by atoms with E-state index in [1.165, 1.54) is 0 Å². The van der Waals surface area contributed by atoms with Gasteiger partial charge in [0.05, 0.1) is 6.54 Å². The van der Waals surface area contributed by atoms with E-state index < -0.39 is 0 Å². The highest BCUT2D eigenvalue weighted by atomic mass is 79.9. The van der Waals surface area contributed by atoms with E-state index in [1.807, 2.05) is 10.8 Å². The number of halogens is 1. The summed E-state index contributed by atoms with van der Waals surface area (Å²) in [6, 6.07) is 1.78. The average molecular weight is 342 g/mol. The van der Waals surface area contributed by atoms with E-state index in [-0.39, 0.29) is 18.4 Å². The van der Waals surface area contributed by atoms with E-state index in [2.05, 4.69) is 28.2 Å². The second-order valence-electron chi connectivity index (χ2n) is 5.01. The number of aromatic nitrogens is 1. The van der Waals surface area contributed by atoms with Crippen LogP contribution in [0.2, 0.25) is 0 Å². The quantitative estimate of drug-likeness (QED) is 0.890. The number of hydrogen-bond donors (Lipinski definition) is 1. The van der Waals surface area contributed by atoms with Crippen LogP contribution in [-0.4, -0.2) is 40.9 Å². The number of carbonyl (C=O) groups is 2. The highest BCUT2D eigenvalue weighted by Crippen LogP contribution is 2.15. The van der Waals surface area contributed by atoms with Gasteiger partial charge < -0.3 is 14.8 Å².